The molecule has 3 N–H and O–H groups in total. The monoisotopic (exact) mass is 429 g/mol. The summed E-state index contributed by atoms with van der Waals surface area (Å²) in [5, 5.41) is 19.0. The van der Waals surface area contributed by atoms with E-state index in [4.69, 9.17) is 23.2 Å². The van der Waals surface area contributed by atoms with Crippen LogP contribution in [0.15, 0.2) is 59.7 Å². The van der Waals surface area contributed by atoms with Crippen molar-refractivity contribution < 1.29 is 14.7 Å². The fraction of sp³-hybridized carbons (Fsp3) is 0.0952. The van der Waals surface area contributed by atoms with Gasteiger partial charge in [-0.25, -0.2) is 5.43 Å². The average molecular weight is 430 g/mol. The Morgan fingerprint density at radius 2 is 1.72 bits per heavy atom. The molecule has 8 heteroatoms. The molecular weight excluding hydrogens is 413 g/mol. The van der Waals surface area contributed by atoms with Crippen molar-refractivity contribution in [3.63, 3.8) is 0 Å². The summed E-state index contributed by atoms with van der Waals surface area (Å²) >= 11 is 11.7. The lowest BCUT2D eigenvalue weighted by Gasteiger charge is -2.06. The molecule has 0 aromatic heterocycles. The van der Waals surface area contributed by atoms with E-state index in [0.29, 0.717) is 21.3 Å². The molecule has 29 heavy (non-hydrogen) atoms. The molecule has 0 heterocycles. The summed E-state index contributed by atoms with van der Waals surface area (Å²) in [4.78, 5) is 23.9. The fourth-order valence-electron chi connectivity index (χ4n) is 2.67. The number of anilines is 1. The summed E-state index contributed by atoms with van der Waals surface area (Å²) in [6.07, 6.45) is 1.30. The molecule has 3 rings (SSSR count). The van der Waals surface area contributed by atoms with Crippen LogP contribution < -0.4 is 10.7 Å². The van der Waals surface area contributed by atoms with Crippen molar-refractivity contribution in [1.82, 2.24) is 5.43 Å². The zero-order chi connectivity index (χ0) is 20.8. The van der Waals surface area contributed by atoms with Crippen LogP contribution in [-0.2, 0) is 9.59 Å². The predicted octanol–water partition coefficient (Wildman–Crippen LogP) is 4.72. The molecule has 0 aliphatic heterocycles. The van der Waals surface area contributed by atoms with Gasteiger partial charge in [-0.15, -0.1) is 0 Å². The SMILES string of the molecule is O=C(CCC(=O)Nc1ccc(Cl)c(Cl)c1)N/N=C\c1c(O)ccc2ccccc12. The molecule has 0 atom stereocenters. The molecule has 3 aromatic rings. The first-order valence-corrected chi connectivity index (χ1v) is 9.47. The van der Waals surface area contributed by atoms with Gasteiger partial charge in [-0.2, -0.15) is 5.10 Å². The van der Waals surface area contributed by atoms with Gasteiger partial charge in [0.25, 0.3) is 0 Å². The van der Waals surface area contributed by atoms with Gasteiger partial charge in [0.2, 0.25) is 11.8 Å². The van der Waals surface area contributed by atoms with Gasteiger partial charge >= 0.3 is 0 Å². The lowest BCUT2D eigenvalue weighted by Crippen LogP contribution is -2.20. The van der Waals surface area contributed by atoms with E-state index >= 15 is 0 Å². The van der Waals surface area contributed by atoms with E-state index in [0.717, 1.165) is 10.8 Å². The van der Waals surface area contributed by atoms with E-state index < -0.39 is 5.91 Å². The fourth-order valence-corrected chi connectivity index (χ4v) is 2.97. The van der Waals surface area contributed by atoms with Crippen molar-refractivity contribution in [1.29, 1.82) is 0 Å². The molecule has 148 valence electrons. The Labute approximate surface area is 177 Å². The Hall–Kier alpha value is -3.09. The van der Waals surface area contributed by atoms with Crippen LogP contribution >= 0.6 is 23.2 Å². The van der Waals surface area contributed by atoms with Gasteiger partial charge in [0, 0.05) is 24.1 Å². The van der Waals surface area contributed by atoms with Crippen LogP contribution in [0.4, 0.5) is 5.69 Å². The lowest BCUT2D eigenvalue weighted by atomic mass is 10.0. The second-order valence-corrected chi connectivity index (χ2v) is 7.00. The van der Waals surface area contributed by atoms with Crippen LogP contribution in [0.2, 0.25) is 10.0 Å². The number of carbonyl (C=O) groups is 2. The van der Waals surface area contributed by atoms with Crippen LogP contribution in [-0.4, -0.2) is 23.1 Å². The molecule has 0 aliphatic rings. The summed E-state index contributed by atoms with van der Waals surface area (Å²) in [5.41, 5.74) is 3.36. The molecule has 2 amide bonds. The second-order valence-electron chi connectivity index (χ2n) is 6.19. The van der Waals surface area contributed by atoms with Gasteiger partial charge in [-0.1, -0.05) is 53.5 Å². The van der Waals surface area contributed by atoms with Gasteiger partial charge < -0.3 is 10.4 Å². The Bertz CT molecular complexity index is 1100. The Morgan fingerprint density at radius 3 is 2.52 bits per heavy atom. The van der Waals surface area contributed by atoms with Crippen molar-refractivity contribution in [3.05, 3.63) is 70.2 Å². The van der Waals surface area contributed by atoms with E-state index in [-0.39, 0.29) is 24.5 Å². The van der Waals surface area contributed by atoms with Crippen LogP contribution in [0.1, 0.15) is 18.4 Å². The number of carbonyl (C=O) groups excluding carboxylic acids is 2. The summed E-state index contributed by atoms with van der Waals surface area (Å²) in [6, 6.07) is 15.6. The number of hydrazone groups is 1. The van der Waals surface area contributed by atoms with E-state index in [1.807, 2.05) is 24.3 Å². The minimum atomic E-state index is -0.426. The number of aromatic hydroxyl groups is 1. The molecule has 0 aliphatic carbocycles. The smallest absolute Gasteiger partial charge is 0.240 e. The minimum Gasteiger partial charge on any atom is -0.507 e. The zero-order valence-corrected chi connectivity index (χ0v) is 16.7. The number of halogens is 2. The third-order valence-electron chi connectivity index (χ3n) is 4.11. The number of fused-ring (bicyclic) bond motifs is 1. The molecule has 3 aromatic carbocycles. The first kappa shape index (κ1) is 20.6. The molecule has 0 unspecified atom stereocenters. The number of hydrogen-bond acceptors (Lipinski definition) is 4. The van der Waals surface area contributed by atoms with Crippen LogP contribution in [0, 0.1) is 0 Å². The molecule has 0 spiro atoms. The highest BCUT2D eigenvalue weighted by Gasteiger charge is 2.09. The Morgan fingerprint density at radius 1 is 0.966 bits per heavy atom. The number of phenolic OH excluding ortho intramolecular Hbond substituents is 1. The molecule has 0 bridgehead atoms. The Balaban J connectivity index is 1.53. The average Bonchev–Trinajstić information content (AvgIpc) is 2.71. The van der Waals surface area contributed by atoms with Crippen LogP contribution in [0.5, 0.6) is 5.75 Å². The van der Waals surface area contributed by atoms with Crippen molar-refractivity contribution in [2.24, 2.45) is 5.10 Å². The van der Waals surface area contributed by atoms with E-state index in [1.54, 1.807) is 24.3 Å². The van der Waals surface area contributed by atoms with Crippen LogP contribution in [0.3, 0.4) is 0 Å². The number of rotatable bonds is 6. The zero-order valence-electron chi connectivity index (χ0n) is 15.2. The van der Waals surface area contributed by atoms with Gasteiger partial charge in [-0.05, 0) is 35.0 Å². The third kappa shape index (κ3) is 5.47. The van der Waals surface area contributed by atoms with Crippen molar-refractivity contribution in [2.45, 2.75) is 12.8 Å². The maximum absolute atomic E-state index is 12.0. The maximum Gasteiger partial charge on any atom is 0.240 e. The van der Waals surface area contributed by atoms with Gasteiger partial charge in [0.1, 0.15) is 5.75 Å². The summed E-state index contributed by atoms with van der Waals surface area (Å²) in [6.45, 7) is 0. The largest absolute Gasteiger partial charge is 0.507 e. The van der Waals surface area contributed by atoms with Crippen molar-refractivity contribution in [2.75, 3.05) is 5.32 Å². The molecule has 0 saturated heterocycles. The third-order valence-corrected chi connectivity index (χ3v) is 4.85. The maximum atomic E-state index is 12.0. The number of nitrogens with zero attached hydrogens (tertiary/aromatic N) is 1. The van der Waals surface area contributed by atoms with Gasteiger partial charge in [0.15, 0.2) is 0 Å². The quantitative estimate of drug-likeness (QED) is 0.390. The van der Waals surface area contributed by atoms with E-state index in [2.05, 4.69) is 15.8 Å². The lowest BCUT2D eigenvalue weighted by molar-refractivity contribution is -0.124. The Kier molecular flexibility index (Phi) is 6.69. The first-order chi connectivity index (χ1) is 13.9. The number of benzene rings is 3. The van der Waals surface area contributed by atoms with E-state index in [9.17, 15) is 14.7 Å². The van der Waals surface area contributed by atoms with Crippen molar-refractivity contribution in [3.8, 4) is 5.75 Å². The summed E-state index contributed by atoms with van der Waals surface area (Å²) < 4.78 is 0. The number of amides is 2. The van der Waals surface area contributed by atoms with Crippen molar-refractivity contribution >= 4 is 57.7 Å². The van der Waals surface area contributed by atoms with Gasteiger partial charge in [-0.3, -0.25) is 9.59 Å². The predicted molar refractivity (Wildman–Crippen MR) is 116 cm³/mol. The molecule has 0 saturated carbocycles. The highest BCUT2D eigenvalue weighted by atomic mass is 35.5. The van der Waals surface area contributed by atoms with Gasteiger partial charge in [0.05, 0.1) is 16.3 Å². The molecule has 0 fully saturated rings. The number of hydrogen-bond donors (Lipinski definition) is 3. The minimum absolute atomic E-state index is 0.0267. The van der Waals surface area contributed by atoms with E-state index in [1.165, 1.54) is 12.3 Å². The normalized spacial score (nSPS) is 11.0. The molecule has 6 nitrogen and oxygen atoms in total. The summed E-state index contributed by atoms with van der Waals surface area (Å²) in [7, 11) is 0. The molecular formula is C21H17Cl2N3O3. The van der Waals surface area contributed by atoms with Crippen LogP contribution in [0.25, 0.3) is 10.8 Å². The standard InChI is InChI=1S/C21H17Cl2N3O3/c22-17-7-6-14(11-18(17)23)25-20(28)9-10-21(29)26-24-12-16-15-4-2-1-3-13(15)5-8-19(16)27/h1-8,11-12,27H,9-10H2,(H,25,28)(H,26,29)/b24-12-. The summed E-state index contributed by atoms with van der Waals surface area (Å²) in [5.74, 6) is -0.706. The number of nitrogens with one attached hydrogen (secondary N) is 2. The topological polar surface area (TPSA) is 90.8 Å². The highest BCUT2D eigenvalue weighted by molar-refractivity contribution is 6.42. The number of phenols is 1. The second kappa shape index (κ2) is 9.41. The highest BCUT2D eigenvalue weighted by Crippen LogP contribution is 2.26. The molecule has 0 radical (unpaired) electrons. The first-order valence-electron chi connectivity index (χ1n) is 8.71.